The zero-order valence-corrected chi connectivity index (χ0v) is 25.7. The molecule has 4 aromatic rings. The van der Waals surface area contributed by atoms with Gasteiger partial charge in [0.2, 0.25) is 10.0 Å². The van der Waals surface area contributed by atoms with E-state index in [9.17, 15) is 30.8 Å². The number of hydrogen-bond donors (Lipinski definition) is 2. The number of halogens is 5. The highest BCUT2D eigenvalue weighted by Crippen LogP contribution is 2.34. The fourth-order valence-electron chi connectivity index (χ4n) is 5.85. The van der Waals surface area contributed by atoms with E-state index in [1.165, 1.54) is 34.6 Å². The van der Waals surface area contributed by atoms with Gasteiger partial charge in [0.05, 0.1) is 10.8 Å². The number of carbonyl (C=O) groups is 1. The fourth-order valence-corrected chi connectivity index (χ4v) is 7.53. The minimum Gasteiger partial charge on any atom is -0.319 e. The van der Waals surface area contributed by atoms with E-state index in [-0.39, 0.29) is 46.7 Å². The Bertz CT molecular complexity index is 1830. The predicted molar refractivity (Wildman–Crippen MR) is 167 cm³/mol. The number of piperazine rings is 1. The smallest absolute Gasteiger partial charge is 0.319 e. The molecule has 7 nitrogen and oxygen atoms in total. The maximum Gasteiger partial charge on any atom is 0.359 e. The van der Waals surface area contributed by atoms with Gasteiger partial charge in [0.25, 0.3) is 6.57 Å². The van der Waals surface area contributed by atoms with Crippen LogP contribution in [0, 0.1) is 35.7 Å². The van der Waals surface area contributed by atoms with Crippen LogP contribution in [-0.2, 0) is 21.2 Å². The third-order valence-corrected chi connectivity index (χ3v) is 9.95. The molecule has 0 aromatic heterocycles. The Morgan fingerprint density at radius 1 is 0.894 bits per heavy atom. The summed E-state index contributed by atoms with van der Waals surface area (Å²) in [4.78, 5) is 17.5. The first kappa shape index (κ1) is 33.7. The van der Waals surface area contributed by atoms with E-state index in [2.05, 4.69) is 15.5 Å². The normalized spacial score (nSPS) is 16.1. The quantitative estimate of drug-likeness (QED) is 0.201. The monoisotopic (exact) mass is 669 g/mol. The van der Waals surface area contributed by atoms with Gasteiger partial charge in [-0.1, -0.05) is 29.1 Å². The summed E-state index contributed by atoms with van der Waals surface area (Å²) in [7, 11) is -3.85. The molecule has 0 bridgehead atoms. The molecule has 2 unspecified atom stereocenters. The highest BCUT2D eigenvalue weighted by Gasteiger charge is 2.41. The Balaban J connectivity index is 1.43. The summed E-state index contributed by atoms with van der Waals surface area (Å²) in [6.07, 6.45) is 0.189. The molecule has 1 aliphatic heterocycles. The zero-order chi connectivity index (χ0) is 33.7. The van der Waals surface area contributed by atoms with Gasteiger partial charge in [-0.3, -0.25) is 4.79 Å². The van der Waals surface area contributed by atoms with Crippen LogP contribution in [0.5, 0.6) is 0 Å². The highest BCUT2D eigenvalue weighted by molar-refractivity contribution is 7.89. The van der Waals surface area contributed by atoms with Crippen LogP contribution in [0.4, 0.5) is 27.6 Å². The molecule has 0 radical (unpaired) electrons. The second-order valence-electron chi connectivity index (χ2n) is 11.1. The molecule has 2 atom stereocenters. The number of rotatable bonds is 10. The molecule has 244 valence electrons. The van der Waals surface area contributed by atoms with Crippen LogP contribution in [0.1, 0.15) is 29.0 Å². The summed E-state index contributed by atoms with van der Waals surface area (Å²) in [5, 5.41) is 5.73. The van der Waals surface area contributed by atoms with E-state index in [0.29, 0.717) is 25.2 Å². The van der Waals surface area contributed by atoms with Gasteiger partial charge in [-0.05, 0) is 72.5 Å². The first-order valence-electron chi connectivity index (χ1n) is 14.7. The molecular formula is C34H30F5N4O3S+. The van der Waals surface area contributed by atoms with E-state index in [4.69, 9.17) is 6.57 Å². The van der Waals surface area contributed by atoms with Crippen molar-refractivity contribution in [2.45, 2.75) is 35.7 Å². The maximum absolute atomic E-state index is 15.3. The lowest BCUT2D eigenvalue weighted by atomic mass is 9.84. The van der Waals surface area contributed by atoms with Crippen molar-refractivity contribution in [1.29, 1.82) is 0 Å². The lowest BCUT2D eigenvalue weighted by molar-refractivity contribution is -0.116. The van der Waals surface area contributed by atoms with Crippen LogP contribution in [0.25, 0.3) is 4.85 Å². The molecular weight excluding hydrogens is 639 g/mol. The molecule has 47 heavy (non-hydrogen) atoms. The van der Waals surface area contributed by atoms with Crippen LogP contribution < -0.4 is 10.6 Å². The molecule has 0 aliphatic carbocycles. The van der Waals surface area contributed by atoms with E-state index in [0.717, 1.165) is 24.3 Å². The van der Waals surface area contributed by atoms with Crippen molar-refractivity contribution in [1.82, 2.24) is 9.62 Å². The molecule has 13 heteroatoms. The summed E-state index contributed by atoms with van der Waals surface area (Å²) in [6, 6.07) is 14.4. The van der Waals surface area contributed by atoms with Gasteiger partial charge in [0, 0.05) is 49.1 Å². The summed E-state index contributed by atoms with van der Waals surface area (Å²) in [5.74, 6) is -7.11. The number of amides is 1. The molecule has 1 amide bonds. The van der Waals surface area contributed by atoms with Crippen molar-refractivity contribution >= 4 is 21.6 Å². The van der Waals surface area contributed by atoms with E-state index in [1.54, 1.807) is 18.2 Å². The Kier molecular flexibility index (Phi) is 10.3. The van der Waals surface area contributed by atoms with Gasteiger partial charge in [-0.25, -0.2) is 30.4 Å². The van der Waals surface area contributed by atoms with Gasteiger partial charge >= 0.3 is 11.9 Å². The minimum absolute atomic E-state index is 0.00746. The topological polar surface area (TPSA) is 82.9 Å². The lowest BCUT2D eigenvalue weighted by Gasteiger charge is -2.35. The largest absolute Gasteiger partial charge is 0.359 e. The molecule has 4 aromatic carbocycles. The number of sulfonamides is 1. The predicted octanol–water partition coefficient (Wildman–Crippen LogP) is 6.08. The summed E-state index contributed by atoms with van der Waals surface area (Å²) < 4.78 is 101. The van der Waals surface area contributed by atoms with Gasteiger partial charge in [-0.2, -0.15) is 4.31 Å². The van der Waals surface area contributed by atoms with Gasteiger partial charge in [0.15, 0.2) is 0 Å². The van der Waals surface area contributed by atoms with Crippen molar-refractivity contribution in [2.24, 2.45) is 0 Å². The van der Waals surface area contributed by atoms with Crippen molar-refractivity contribution in [3.63, 3.8) is 0 Å². The Morgan fingerprint density at radius 2 is 1.49 bits per heavy atom. The molecule has 1 saturated heterocycles. The Labute approximate surface area is 268 Å². The molecule has 1 fully saturated rings. The fraction of sp³-hybridized carbons (Fsp3) is 0.235. The van der Waals surface area contributed by atoms with Crippen LogP contribution in [0.3, 0.4) is 0 Å². The Morgan fingerprint density at radius 3 is 2.06 bits per heavy atom. The van der Waals surface area contributed by atoms with Crippen molar-refractivity contribution in [3.05, 3.63) is 136 Å². The Hall–Kier alpha value is -4.64. The van der Waals surface area contributed by atoms with Gasteiger partial charge in [-0.15, -0.1) is 0 Å². The zero-order valence-electron chi connectivity index (χ0n) is 24.8. The number of nitrogens with one attached hydrogen (secondary N) is 2. The van der Waals surface area contributed by atoms with Crippen LogP contribution in [0.2, 0.25) is 0 Å². The number of carbonyl (C=O) groups excluding carboxylic acids is 1. The standard InChI is InChI=1S/C34H29F5N4O3S/c1-40-33(32(21-14-23(35)18-24(36)15-21)22-16-25(37)19-26(38)17-22)34(44)42-31-9-5-8-30(39)29(31)11-10-27-20-41-12-13-43(27)47(45,46)28-6-3-2-4-7-28/h1-9,14-19,27,32-33,41H,10-13,20H2/p+1. The SMILES string of the molecule is C#[N+]C(C(=O)Nc1cccc(F)c1CCC1CNCCN1S(=O)(=O)c1ccccc1)C(c1cc(F)cc(F)c1)c1cc(F)cc(F)c1. The van der Waals surface area contributed by atoms with Gasteiger partial charge in [0.1, 0.15) is 29.1 Å². The molecule has 0 saturated carbocycles. The summed E-state index contributed by atoms with van der Waals surface area (Å²) in [6.45, 7) is 6.57. The van der Waals surface area contributed by atoms with Crippen LogP contribution >= 0.6 is 0 Å². The highest BCUT2D eigenvalue weighted by atomic mass is 32.2. The second-order valence-corrected chi connectivity index (χ2v) is 12.9. The molecule has 0 spiro atoms. The third kappa shape index (κ3) is 7.68. The second kappa shape index (κ2) is 14.4. The van der Waals surface area contributed by atoms with Crippen molar-refractivity contribution in [3.8, 4) is 6.57 Å². The maximum atomic E-state index is 15.3. The first-order chi connectivity index (χ1) is 22.5. The lowest BCUT2D eigenvalue weighted by Crippen LogP contribution is -2.53. The number of benzene rings is 4. The average molecular weight is 670 g/mol. The van der Waals surface area contributed by atoms with Crippen LogP contribution in [-0.4, -0.2) is 50.3 Å². The minimum atomic E-state index is -3.85. The molecule has 1 heterocycles. The summed E-state index contributed by atoms with van der Waals surface area (Å²) in [5.41, 5.74) is -0.277. The van der Waals surface area contributed by atoms with Crippen molar-refractivity contribution in [2.75, 3.05) is 25.0 Å². The first-order valence-corrected chi connectivity index (χ1v) is 16.1. The molecule has 2 N–H and O–H groups in total. The van der Waals surface area contributed by atoms with Crippen LogP contribution in [0.15, 0.2) is 89.8 Å². The number of nitrogens with zero attached hydrogens (tertiary/aromatic N) is 2. The molecule has 1 aliphatic rings. The van der Waals surface area contributed by atoms with Gasteiger partial charge < -0.3 is 10.6 Å². The average Bonchev–Trinajstić information content (AvgIpc) is 3.02. The number of hydrogen-bond acceptors (Lipinski definition) is 4. The van der Waals surface area contributed by atoms with Crippen molar-refractivity contribution < 1.29 is 35.2 Å². The number of anilines is 1. The third-order valence-electron chi connectivity index (χ3n) is 7.98. The van der Waals surface area contributed by atoms with E-state index >= 15 is 4.39 Å². The van der Waals surface area contributed by atoms with E-state index in [1.807, 2.05) is 0 Å². The molecule has 5 rings (SSSR count). The van der Waals surface area contributed by atoms with E-state index < -0.39 is 63.0 Å². The summed E-state index contributed by atoms with van der Waals surface area (Å²) >= 11 is 0.